The minimum absolute atomic E-state index is 0.0199. The Hall–Kier alpha value is -5.39. The van der Waals surface area contributed by atoms with Gasteiger partial charge in [0.25, 0.3) is 10.0 Å². The maximum Gasteiger partial charge on any atom is 0.406 e. The molecule has 0 saturated carbocycles. The van der Waals surface area contributed by atoms with Crippen LogP contribution in [-0.4, -0.2) is 101 Å². The number of nitrogens with two attached hydrogens (primary N) is 1. The number of halogens is 3. The molecule has 3 aromatic rings. The highest BCUT2D eigenvalue weighted by Crippen LogP contribution is 2.25. The zero-order valence-corrected chi connectivity index (χ0v) is 26.1. The Labute approximate surface area is 269 Å². The van der Waals surface area contributed by atoms with Crippen molar-refractivity contribution in [3.63, 3.8) is 0 Å². The molecule has 4 rings (SSSR count). The summed E-state index contributed by atoms with van der Waals surface area (Å²) in [5.41, 5.74) is -0.398. The number of nitrogen functional groups attached to an aromatic ring is 1. The molecule has 24 heteroatoms. The molecule has 0 radical (unpaired) electrons. The van der Waals surface area contributed by atoms with Crippen LogP contribution in [0, 0.1) is 5.92 Å². The average Bonchev–Trinajstić information content (AvgIpc) is 3.53. The van der Waals surface area contributed by atoms with E-state index in [0.717, 1.165) is 25.2 Å². The first-order chi connectivity index (χ1) is 22.1. The first kappa shape index (κ1) is 35.5. The molecule has 0 unspecified atom stereocenters. The number of anilines is 1. The number of rotatable bonds is 12. The third-order valence-corrected chi connectivity index (χ3v) is 8.59. The number of thiazole rings is 1. The lowest BCUT2D eigenvalue weighted by atomic mass is 9.91. The van der Waals surface area contributed by atoms with E-state index in [4.69, 9.17) is 10.6 Å². The number of aliphatic carboxylic acids is 1. The number of aromatic hydroxyl groups is 1. The summed E-state index contributed by atoms with van der Waals surface area (Å²) in [5.74, 6) is -9.35. The molecular formula is C24H23F3N8O11S2. The van der Waals surface area contributed by atoms with E-state index >= 15 is 0 Å². The number of carboxylic acid groups (broad SMARTS) is 1. The molecule has 1 aliphatic rings. The highest BCUT2D eigenvalue weighted by molar-refractivity contribution is 7.90. The molecule has 1 atom stereocenters. The number of likely N-dealkylation sites (tertiary alicyclic amines) is 1. The number of hydrogen-bond donors (Lipinski definition) is 4. The standard InChI is InChI=1S/C24H23F3N8O11S2/c1-23(2,20(41)42)46-32-17(12-7-47-21(28)30-12)14(37)3-10-6-33(19(10)40)16(39)8-48(44,45)35-22(43)34(9-24(25,26)27)18(31-35)11-4-13(36)15(38)5-29-11/h4-5,7,10,38H,3,6,8-9H2,1-2H3,(H2,28,30)(H,29,36)(H,41,42)/b32-17-/t10-/m0/s1. The smallest absolute Gasteiger partial charge is 0.406 e. The number of β-lactam (4-membered cyclic amide) rings is 1. The number of pyridine rings is 1. The van der Waals surface area contributed by atoms with Gasteiger partial charge in [-0.15, -0.1) is 20.5 Å². The number of carbonyl (C=O) groups is 4. The topological polar surface area (TPSA) is 279 Å². The largest absolute Gasteiger partial charge is 0.503 e. The van der Waals surface area contributed by atoms with Gasteiger partial charge in [-0.1, -0.05) is 5.16 Å². The molecule has 4 heterocycles. The van der Waals surface area contributed by atoms with Crippen molar-refractivity contribution < 1.29 is 55.8 Å². The minimum atomic E-state index is -5.18. The number of aromatic amines is 1. The first-order valence-electron chi connectivity index (χ1n) is 13.1. The quantitative estimate of drug-likeness (QED) is 0.100. The SMILES string of the molecule is CC(C)(O/N=C(\C(=O)C[C@H]1CN(C(=O)CS(=O)(=O)n2nc(-c3cc(=O)c(O)c[nH]3)n(CC(F)(F)F)c2=O)C1=O)c1csc(N)n1)C(=O)O. The van der Waals surface area contributed by atoms with Crippen LogP contribution in [0.5, 0.6) is 5.75 Å². The van der Waals surface area contributed by atoms with Crippen LogP contribution in [0.15, 0.2) is 32.4 Å². The molecule has 19 nitrogen and oxygen atoms in total. The van der Waals surface area contributed by atoms with Crippen LogP contribution in [-0.2, 0) is 40.6 Å². The predicted molar refractivity (Wildman–Crippen MR) is 155 cm³/mol. The van der Waals surface area contributed by atoms with Gasteiger partial charge in [0, 0.05) is 30.6 Å². The van der Waals surface area contributed by atoms with Crippen molar-refractivity contribution in [1.82, 2.24) is 28.6 Å². The Morgan fingerprint density at radius 2 is 1.90 bits per heavy atom. The first-order valence-corrected chi connectivity index (χ1v) is 15.6. The number of amides is 2. The monoisotopic (exact) mass is 720 g/mol. The highest BCUT2D eigenvalue weighted by Gasteiger charge is 2.44. The number of hydrogen-bond acceptors (Lipinski definition) is 15. The summed E-state index contributed by atoms with van der Waals surface area (Å²) in [6.45, 7) is -0.254. The summed E-state index contributed by atoms with van der Waals surface area (Å²) in [6.07, 6.45) is -5.02. The molecular weight excluding hydrogens is 697 g/mol. The normalized spacial score (nSPS) is 15.7. The van der Waals surface area contributed by atoms with Crippen LogP contribution in [0.3, 0.4) is 0 Å². The van der Waals surface area contributed by atoms with Crippen molar-refractivity contribution in [1.29, 1.82) is 0 Å². The van der Waals surface area contributed by atoms with Crippen molar-refractivity contribution in [3.8, 4) is 17.3 Å². The highest BCUT2D eigenvalue weighted by atomic mass is 32.2. The van der Waals surface area contributed by atoms with Crippen LogP contribution in [0.2, 0.25) is 0 Å². The van der Waals surface area contributed by atoms with E-state index in [0.29, 0.717) is 17.2 Å². The number of carbonyl (C=O) groups excluding carboxylic acids is 3. The van der Waals surface area contributed by atoms with E-state index in [9.17, 15) is 60.6 Å². The summed E-state index contributed by atoms with van der Waals surface area (Å²) in [7, 11) is -5.18. The summed E-state index contributed by atoms with van der Waals surface area (Å²) in [5, 5.41) is 27.0. The molecule has 3 aromatic heterocycles. The minimum Gasteiger partial charge on any atom is -0.503 e. The summed E-state index contributed by atoms with van der Waals surface area (Å²) < 4.78 is 65.2. The van der Waals surface area contributed by atoms with Gasteiger partial charge in [0.1, 0.15) is 12.2 Å². The molecule has 0 spiro atoms. The predicted octanol–water partition coefficient (Wildman–Crippen LogP) is -0.887. The second-order valence-corrected chi connectivity index (χ2v) is 13.3. The second-order valence-electron chi connectivity index (χ2n) is 10.6. The number of alkyl halides is 3. The zero-order chi connectivity index (χ0) is 35.9. The molecule has 0 bridgehead atoms. The number of H-pyrrole nitrogens is 1. The molecule has 258 valence electrons. The average molecular weight is 721 g/mol. The Bertz CT molecular complexity index is 2080. The van der Waals surface area contributed by atoms with Crippen LogP contribution < -0.4 is 16.9 Å². The number of imide groups is 1. The molecule has 1 fully saturated rings. The molecule has 1 aliphatic heterocycles. The Kier molecular flexibility index (Phi) is 9.36. The fraction of sp³-hybridized carbons (Fsp3) is 0.375. The van der Waals surface area contributed by atoms with Gasteiger partial charge < -0.3 is 25.8 Å². The van der Waals surface area contributed by atoms with E-state index in [-0.39, 0.29) is 15.4 Å². The fourth-order valence-electron chi connectivity index (χ4n) is 4.00. The van der Waals surface area contributed by atoms with Crippen molar-refractivity contribution >= 4 is 55.8 Å². The van der Waals surface area contributed by atoms with Crippen molar-refractivity contribution in [2.45, 2.75) is 38.6 Å². The third-order valence-electron chi connectivity index (χ3n) is 6.54. The maximum absolute atomic E-state index is 13.3. The van der Waals surface area contributed by atoms with E-state index in [1.165, 1.54) is 5.38 Å². The lowest BCUT2D eigenvalue weighted by Crippen LogP contribution is -2.57. The Morgan fingerprint density at radius 1 is 1.23 bits per heavy atom. The van der Waals surface area contributed by atoms with Gasteiger partial charge in [-0.3, -0.25) is 28.6 Å². The Balaban J connectivity index is 1.52. The lowest BCUT2D eigenvalue weighted by molar-refractivity contribution is -0.161. The van der Waals surface area contributed by atoms with Gasteiger partial charge in [-0.2, -0.15) is 13.2 Å². The van der Waals surface area contributed by atoms with Gasteiger partial charge in [0.05, 0.1) is 11.6 Å². The number of Topliss-reactive ketones (excluding diaryl/α,β-unsaturated/α-hetero) is 1. The number of carboxylic acids is 1. The van der Waals surface area contributed by atoms with Crippen molar-refractivity contribution in [3.05, 3.63) is 44.0 Å². The molecule has 5 N–H and O–H groups in total. The fourth-order valence-corrected chi connectivity index (χ4v) is 5.67. The number of nitrogens with one attached hydrogen (secondary N) is 1. The number of oxime groups is 1. The van der Waals surface area contributed by atoms with Crippen molar-refractivity contribution in [2.24, 2.45) is 11.1 Å². The third kappa shape index (κ3) is 7.43. The van der Waals surface area contributed by atoms with E-state index in [2.05, 4.69) is 20.2 Å². The van der Waals surface area contributed by atoms with Gasteiger partial charge in [-0.05, 0) is 13.8 Å². The van der Waals surface area contributed by atoms with Crippen LogP contribution in [0.4, 0.5) is 18.3 Å². The molecule has 48 heavy (non-hydrogen) atoms. The van der Waals surface area contributed by atoms with Crippen molar-refractivity contribution in [2.75, 3.05) is 18.0 Å². The van der Waals surface area contributed by atoms with Gasteiger partial charge in [-0.25, -0.2) is 23.0 Å². The number of ketones is 1. The summed E-state index contributed by atoms with van der Waals surface area (Å²) in [6, 6.07) is 0.560. The maximum atomic E-state index is 13.3. The molecule has 1 saturated heterocycles. The lowest BCUT2D eigenvalue weighted by Gasteiger charge is -2.36. The van der Waals surface area contributed by atoms with E-state index < -0.39 is 115 Å². The summed E-state index contributed by atoms with van der Waals surface area (Å²) >= 11 is 0.915. The van der Waals surface area contributed by atoms with E-state index in [1.807, 2.05) is 0 Å². The van der Waals surface area contributed by atoms with Crippen LogP contribution in [0.25, 0.3) is 11.5 Å². The van der Waals surface area contributed by atoms with Crippen LogP contribution in [0.1, 0.15) is 26.0 Å². The molecule has 2 amide bonds. The summed E-state index contributed by atoms with van der Waals surface area (Å²) in [4.78, 5) is 86.1. The molecule has 0 aromatic carbocycles. The second kappa shape index (κ2) is 12.7. The van der Waals surface area contributed by atoms with Gasteiger partial charge >= 0.3 is 17.8 Å². The number of nitrogens with zero attached hydrogens (tertiary/aromatic N) is 6. The van der Waals surface area contributed by atoms with Gasteiger partial charge in [0.2, 0.25) is 22.8 Å². The van der Waals surface area contributed by atoms with Gasteiger partial charge in [0.15, 0.2) is 34.0 Å². The number of aromatic nitrogens is 5. The molecule has 0 aliphatic carbocycles. The van der Waals surface area contributed by atoms with E-state index in [1.54, 1.807) is 0 Å². The Morgan fingerprint density at radius 3 is 2.44 bits per heavy atom. The van der Waals surface area contributed by atoms with Crippen LogP contribution >= 0.6 is 11.3 Å². The zero-order valence-electron chi connectivity index (χ0n) is 24.4.